The summed E-state index contributed by atoms with van der Waals surface area (Å²) in [6.45, 7) is 3.64. The van der Waals surface area contributed by atoms with Gasteiger partial charge in [-0.15, -0.1) is 11.6 Å². The Morgan fingerprint density at radius 1 is 0.873 bits per heavy atom. The number of carboxylic acid groups (broad SMARTS) is 1. The van der Waals surface area contributed by atoms with Crippen LogP contribution in [-0.4, -0.2) is 48.7 Å². The molecule has 294 valence electrons. The van der Waals surface area contributed by atoms with E-state index in [2.05, 4.69) is 11.4 Å². The number of benzene rings is 4. The van der Waals surface area contributed by atoms with Crippen LogP contribution in [0.25, 0.3) is 0 Å². The molecule has 0 unspecified atom stereocenters. The second-order valence-corrected chi connectivity index (χ2v) is 16.5. The molecule has 8 nitrogen and oxygen atoms in total. The van der Waals surface area contributed by atoms with Crippen LogP contribution in [0.4, 0.5) is 37.7 Å². The van der Waals surface area contributed by atoms with E-state index in [1.807, 2.05) is 32.9 Å². The Hall–Kier alpha value is -4.60. The standard InChI is InChI=1S/C39H38ClF6N3O5S/c1-39(2,3)27-16-22(15-26(17-27)23-9-10-23)19-49(30-12-11-24(38(51)52)18-29(30)47-14-6-13-40)31(50)21-48(20-25-7-4-5-8-28(25)41)55(53,54)37-35(45)33(43)32(42)34(44)36(37)46/h4-5,7-8,11-12,15-18,23,47H,6,9-10,13-14,19-21H2,1-3H3,(H,51,52). The zero-order valence-corrected chi connectivity index (χ0v) is 31.6. The Kier molecular flexibility index (Phi) is 12.6. The molecule has 5 rings (SSSR count). The molecule has 1 amide bonds. The van der Waals surface area contributed by atoms with Crippen LogP contribution < -0.4 is 10.2 Å². The van der Waals surface area contributed by atoms with Crippen LogP contribution in [0.5, 0.6) is 0 Å². The number of nitrogens with one attached hydrogen (secondary N) is 1. The lowest BCUT2D eigenvalue weighted by Gasteiger charge is -2.30. The quantitative estimate of drug-likeness (QED) is 0.0409. The Bertz CT molecular complexity index is 2200. The second kappa shape index (κ2) is 16.6. The Labute approximate surface area is 319 Å². The highest BCUT2D eigenvalue weighted by Gasteiger charge is 2.39. The molecule has 0 aromatic heterocycles. The molecule has 4 aromatic rings. The average molecular weight is 810 g/mol. The van der Waals surface area contributed by atoms with Gasteiger partial charge >= 0.3 is 5.97 Å². The largest absolute Gasteiger partial charge is 0.478 e. The molecule has 1 fully saturated rings. The minimum atomic E-state index is -5.79. The van der Waals surface area contributed by atoms with Gasteiger partial charge in [-0.25, -0.2) is 39.6 Å². The third-order valence-corrected chi connectivity index (χ3v) is 11.2. The van der Waals surface area contributed by atoms with E-state index in [-0.39, 0.29) is 57.1 Å². The van der Waals surface area contributed by atoms with E-state index in [1.54, 1.807) is 0 Å². The van der Waals surface area contributed by atoms with Crippen molar-refractivity contribution in [1.29, 1.82) is 0 Å². The highest BCUT2D eigenvalue weighted by Crippen LogP contribution is 2.42. The molecule has 0 bridgehead atoms. The van der Waals surface area contributed by atoms with Crippen molar-refractivity contribution in [2.75, 3.05) is 29.2 Å². The summed E-state index contributed by atoms with van der Waals surface area (Å²) >= 11 is 5.88. The fourth-order valence-electron chi connectivity index (χ4n) is 5.94. The van der Waals surface area contributed by atoms with Crippen LogP contribution in [-0.2, 0) is 33.3 Å². The van der Waals surface area contributed by atoms with Gasteiger partial charge < -0.3 is 15.3 Å². The topological polar surface area (TPSA) is 107 Å². The third-order valence-electron chi connectivity index (χ3n) is 9.12. The van der Waals surface area contributed by atoms with E-state index >= 15 is 8.78 Å². The van der Waals surface area contributed by atoms with Gasteiger partial charge in [-0.1, -0.05) is 57.2 Å². The SMILES string of the molecule is CC(C)(C)c1cc(CN(C(=O)CN(Cc2ccccc2F)S(=O)(=O)c2c(F)c(F)c(F)c(F)c2F)c2ccc(C(=O)O)cc2NCCCCl)cc(C2CC2)c1. The second-order valence-electron chi connectivity index (χ2n) is 14.2. The lowest BCUT2D eigenvalue weighted by molar-refractivity contribution is -0.119. The first-order valence-corrected chi connectivity index (χ1v) is 19.2. The first-order valence-electron chi connectivity index (χ1n) is 17.2. The Morgan fingerprint density at radius 2 is 1.51 bits per heavy atom. The molecule has 1 saturated carbocycles. The van der Waals surface area contributed by atoms with Crippen LogP contribution in [0, 0.1) is 34.9 Å². The van der Waals surface area contributed by atoms with Gasteiger partial charge in [0.2, 0.25) is 21.7 Å². The molecule has 1 aliphatic rings. The van der Waals surface area contributed by atoms with Gasteiger partial charge in [-0.05, 0) is 71.6 Å². The number of nitrogens with zero attached hydrogens (tertiary/aromatic N) is 2. The number of sulfonamides is 1. The maximum Gasteiger partial charge on any atom is 0.335 e. The van der Waals surface area contributed by atoms with Gasteiger partial charge in [-0.2, -0.15) is 4.31 Å². The molecule has 0 spiro atoms. The number of alkyl halides is 1. The normalized spacial score (nSPS) is 13.3. The van der Waals surface area contributed by atoms with Gasteiger partial charge in [0.05, 0.1) is 30.0 Å². The van der Waals surface area contributed by atoms with E-state index in [4.69, 9.17) is 11.6 Å². The number of hydrogen-bond acceptors (Lipinski definition) is 5. The number of carbonyl (C=O) groups is 2. The highest BCUT2D eigenvalue weighted by atomic mass is 35.5. The fourth-order valence-corrected chi connectivity index (χ4v) is 7.55. The van der Waals surface area contributed by atoms with Crippen molar-refractivity contribution in [3.63, 3.8) is 0 Å². The molecule has 4 aromatic carbocycles. The van der Waals surface area contributed by atoms with Crippen molar-refractivity contribution in [3.05, 3.63) is 123 Å². The van der Waals surface area contributed by atoms with E-state index in [9.17, 15) is 40.7 Å². The molecular weight excluding hydrogens is 772 g/mol. The average Bonchev–Trinajstić information content (AvgIpc) is 3.98. The van der Waals surface area contributed by atoms with Crippen molar-refractivity contribution in [2.24, 2.45) is 0 Å². The van der Waals surface area contributed by atoms with E-state index < -0.39 is 74.8 Å². The summed E-state index contributed by atoms with van der Waals surface area (Å²) in [6.07, 6.45) is 2.31. The number of amides is 1. The van der Waals surface area contributed by atoms with Crippen molar-refractivity contribution >= 4 is 44.9 Å². The zero-order chi connectivity index (χ0) is 40.4. The van der Waals surface area contributed by atoms with E-state index in [0.717, 1.165) is 41.0 Å². The molecule has 0 heterocycles. The summed E-state index contributed by atoms with van der Waals surface area (Å²) in [5, 5.41) is 12.8. The summed E-state index contributed by atoms with van der Waals surface area (Å²) in [7, 11) is -5.79. The van der Waals surface area contributed by atoms with Crippen LogP contribution in [0.2, 0.25) is 0 Å². The predicted molar refractivity (Wildman–Crippen MR) is 196 cm³/mol. The Morgan fingerprint density at radius 3 is 2.09 bits per heavy atom. The third kappa shape index (κ3) is 9.27. The van der Waals surface area contributed by atoms with Gasteiger partial charge in [0.15, 0.2) is 28.2 Å². The van der Waals surface area contributed by atoms with E-state index in [1.165, 1.54) is 30.3 Å². The van der Waals surface area contributed by atoms with Gasteiger partial charge in [0.1, 0.15) is 5.82 Å². The molecule has 2 N–H and O–H groups in total. The number of carbonyl (C=O) groups excluding carboxylic acids is 1. The van der Waals surface area contributed by atoms with Crippen LogP contribution in [0.1, 0.15) is 78.6 Å². The summed E-state index contributed by atoms with van der Waals surface area (Å²) in [4.78, 5) is 25.5. The summed E-state index contributed by atoms with van der Waals surface area (Å²) < 4.78 is 116. The number of carboxylic acids is 1. The first-order chi connectivity index (χ1) is 25.8. The van der Waals surface area contributed by atoms with Crippen LogP contribution in [0.15, 0.2) is 65.6 Å². The number of aromatic carboxylic acids is 1. The van der Waals surface area contributed by atoms with Gasteiger partial charge in [-0.3, -0.25) is 4.79 Å². The lowest BCUT2D eigenvalue weighted by atomic mass is 9.84. The monoisotopic (exact) mass is 809 g/mol. The van der Waals surface area contributed by atoms with Crippen LogP contribution >= 0.6 is 11.6 Å². The summed E-state index contributed by atoms with van der Waals surface area (Å²) in [5.41, 5.74) is 1.85. The Balaban J connectivity index is 1.69. The smallest absolute Gasteiger partial charge is 0.335 e. The molecular formula is C39H38ClF6N3O5S. The lowest BCUT2D eigenvalue weighted by Crippen LogP contribution is -2.43. The highest BCUT2D eigenvalue weighted by molar-refractivity contribution is 7.89. The van der Waals surface area contributed by atoms with E-state index in [0.29, 0.717) is 12.0 Å². The number of rotatable bonds is 15. The fraction of sp³-hybridized carbons (Fsp3) is 0.333. The molecule has 55 heavy (non-hydrogen) atoms. The number of hydrogen-bond donors (Lipinski definition) is 2. The maximum absolute atomic E-state index is 15.1. The van der Waals surface area contributed by atoms with Crippen molar-refractivity contribution in [3.8, 4) is 0 Å². The molecule has 0 radical (unpaired) electrons. The van der Waals surface area contributed by atoms with Crippen molar-refractivity contribution < 1.29 is 49.5 Å². The van der Waals surface area contributed by atoms with Gasteiger partial charge in [0.25, 0.3) is 0 Å². The molecule has 0 saturated heterocycles. The summed E-state index contributed by atoms with van der Waals surface area (Å²) in [6, 6.07) is 14.3. The minimum absolute atomic E-state index is 0.0678. The van der Waals surface area contributed by atoms with Crippen molar-refractivity contribution in [2.45, 2.75) is 69.4 Å². The number of anilines is 2. The van der Waals surface area contributed by atoms with Crippen LogP contribution in [0.3, 0.4) is 0 Å². The molecule has 0 aliphatic heterocycles. The minimum Gasteiger partial charge on any atom is -0.478 e. The van der Waals surface area contributed by atoms with Crippen molar-refractivity contribution in [1.82, 2.24) is 4.31 Å². The summed E-state index contributed by atoms with van der Waals surface area (Å²) in [5.74, 6) is -15.8. The number of halogens is 7. The maximum atomic E-state index is 15.1. The first kappa shape index (κ1) is 41.6. The zero-order valence-electron chi connectivity index (χ0n) is 30.0. The van der Waals surface area contributed by atoms with Gasteiger partial charge in [0, 0.05) is 24.5 Å². The molecule has 0 atom stereocenters. The molecule has 16 heteroatoms. The molecule has 1 aliphatic carbocycles. The predicted octanol–water partition coefficient (Wildman–Crippen LogP) is 8.86.